The Balaban J connectivity index is 1.26. The summed E-state index contributed by atoms with van der Waals surface area (Å²) in [6.07, 6.45) is 1.35. The van der Waals surface area contributed by atoms with E-state index < -0.39 is 6.04 Å². The largest absolute Gasteiger partial charge is 0.457 e. The van der Waals surface area contributed by atoms with E-state index in [4.69, 9.17) is 10.5 Å². The van der Waals surface area contributed by atoms with Crippen LogP contribution in [0.25, 0.3) is 0 Å². The van der Waals surface area contributed by atoms with Crippen molar-refractivity contribution in [3.05, 3.63) is 82.0 Å². The van der Waals surface area contributed by atoms with Crippen LogP contribution in [0, 0.1) is 0 Å². The maximum absolute atomic E-state index is 12.8. The van der Waals surface area contributed by atoms with Crippen molar-refractivity contribution < 1.29 is 19.1 Å². The Bertz CT molecular complexity index is 1160. The van der Waals surface area contributed by atoms with Crippen molar-refractivity contribution in [2.75, 3.05) is 13.1 Å². The highest BCUT2D eigenvalue weighted by molar-refractivity contribution is 7.10. The lowest BCUT2D eigenvalue weighted by Crippen LogP contribution is -2.48. The minimum absolute atomic E-state index is 0.171. The number of carbonyl (C=O) groups is 3. The third-order valence-corrected chi connectivity index (χ3v) is 6.74. The maximum atomic E-state index is 12.8. The van der Waals surface area contributed by atoms with Crippen molar-refractivity contribution in [1.82, 2.24) is 15.5 Å². The first-order valence-corrected chi connectivity index (χ1v) is 12.4. The smallest absolute Gasteiger partial charge is 0.251 e. The van der Waals surface area contributed by atoms with Gasteiger partial charge in [-0.25, -0.2) is 0 Å². The monoisotopic (exact) mass is 492 g/mol. The third kappa shape index (κ3) is 6.46. The number of ether oxygens (including phenoxy) is 1. The van der Waals surface area contributed by atoms with E-state index in [0.29, 0.717) is 43.1 Å². The van der Waals surface area contributed by atoms with Crippen LogP contribution in [-0.4, -0.2) is 41.8 Å². The predicted molar refractivity (Wildman–Crippen MR) is 134 cm³/mol. The van der Waals surface area contributed by atoms with E-state index in [1.54, 1.807) is 40.5 Å². The van der Waals surface area contributed by atoms with Gasteiger partial charge in [-0.2, -0.15) is 0 Å². The van der Waals surface area contributed by atoms with Crippen LogP contribution in [0.1, 0.15) is 33.6 Å². The minimum atomic E-state index is -0.525. The average molecular weight is 493 g/mol. The van der Waals surface area contributed by atoms with Crippen molar-refractivity contribution in [2.45, 2.75) is 32.0 Å². The van der Waals surface area contributed by atoms with E-state index in [-0.39, 0.29) is 24.3 Å². The van der Waals surface area contributed by atoms with E-state index in [0.717, 1.165) is 16.9 Å². The lowest BCUT2D eigenvalue weighted by molar-refractivity contribution is -0.137. The fraction of sp³-hybridized carbons (Fsp3) is 0.269. The molecule has 4 rings (SSSR count). The molecule has 4 N–H and O–H groups in total. The first-order valence-electron chi connectivity index (χ1n) is 11.5. The van der Waals surface area contributed by atoms with E-state index in [1.807, 2.05) is 41.8 Å². The summed E-state index contributed by atoms with van der Waals surface area (Å²) in [5.41, 5.74) is 7.08. The number of hydrogen-bond donors (Lipinski definition) is 3. The van der Waals surface area contributed by atoms with Gasteiger partial charge >= 0.3 is 0 Å². The summed E-state index contributed by atoms with van der Waals surface area (Å²) in [5, 5.41) is 7.54. The van der Waals surface area contributed by atoms with Gasteiger partial charge in [0.05, 0.1) is 13.1 Å². The van der Waals surface area contributed by atoms with E-state index >= 15 is 0 Å². The van der Waals surface area contributed by atoms with Crippen LogP contribution < -0.4 is 21.1 Å². The normalized spacial score (nSPS) is 15.0. The summed E-state index contributed by atoms with van der Waals surface area (Å²) in [4.78, 5) is 40.6. The Morgan fingerprint density at radius 3 is 2.49 bits per heavy atom. The molecule has 1 atom stereocenters. The van der Waals surface area contributed by atoms with Crippen LogP contribution in [0.2, 0.25) is 0 Å². The Morgan fingerprint density at radius 1 is 1.03 bits per heavy atom. The highest BCUT2D eigenvalue weighted by Crippen LogP contribution is 2.21. The number of rotatable bonds is 9. The second-order valence-electron chi connectivity index (χ2n) is 8.21. The van der Waals surface area contributed by atoms with E-state index in [9.17, 15) is 14.4 Å². The van der Waals surface area contributed by atoms with Gasteiger partial charge in [0, 0.05) is 23.5 Å². The quantitative estimate of drug-likeness (QED) is 0.425. The number of nitrogens with zero attached hydrogens (tertiary/aromatic N) is 1. The number of amides is 3. The summed E-state index contributed by atoms with van der Waals surface area (Å²) < 4.78 is 5.73. The molecule has 0 aliphatic carbocycles. The van der Waals surface area contributed by atoms with Gasteiger partial charge in [0.1, 0.15) is 17.5 Å². The summed E-state index contributed by atoms with van der Waals surface area (Å²) in [6.45, 7) is 1.19. The molecular weight excluding hydrogens is 464 g/mol. The number of likely N-dealkylation sites (tertiary alicyclic amines) is 1. The summed E-state index contributed by atoms with van der Waals surface area (Å²) in [5.74, 6) is 0.491. The lowest BCUT2D eigenvalue weighted by Gasteiger charge is -2.24. The van der Waals surface area contributed by atoms with E-state index in [2.05, 4.69) is 10.6 Å². The molecule has 1 fully saturated rings. The predicted octanol–water partition coefficient (Wildman–Crippen LogP) is 3.04. The summed E-state index contributed by atoms with van der Waals surface area (Å²) in [7, 11) is 0. The van der Waals surface area contributed by atoms with E-state index in [1.165, 1.54) is 0 Å². The Labute approximate surface area is 208 Å². The van der Waals surface area contributed by atoms with Crippen molar-refractivity contribution >= 4 is 29.1 Å². The second-order valence-corrected chi connectivity index (χ2v) is 9.21. The number of hydrogen-bond acceptors (Lipinski definition) is 6. The average Bonchev–Trinajstić information content (AvgIpc) is 3.57. The van der Waals surface area contributed by atoms with Gasteiger partial charge in [0.15, 0.2) is 0 Å². The molecule has 0 spiro atoms. The number of nitrogens with one attached hydrogen (secondary N) is 2. The molecule has 3 aromatic rings. The van der Waals surface area contributed by atoms with Gasteiger partial charge < -0.3 is 26.0 Å². The van der Waals surface area contributed by atoms with Gasteiger partial charge in [-0.05, 0) is 66.2 Å². The van der Waals surface area contributed by atoms with Crippen molar-refractivity contribution in [2.24, 2.45) is 5.73 Å². The first-order chi connectivity index (χ1) is 17.0. The van der Waals surface area contributed by atoms with Crippen LogP contribution >= 0.6 is 11.3 Å². The lowest BCUT2D eigenvalue weighted by atomic mass is 10.2. The highest BCUT2D eigenvalue weighted by Gasteiger charge is 2.33. The number of nitrogens with two attached hydrogens (primary N) is 1. The van der Waals surface area contributed by atoms with Crippen LogP contribution in [-0.2, 0) is 22.7 Å². The molecule has 3 amide bonds. The van der Waals surface area contributed by atoms with Crippen LogP contribution in [0.3, 0.4) is 0 Å². The van der Waals surface area contributed by atoms with Crippen LogP contribution in [0.4, 0.5) is 0 Å². The molecule has 8 nitrogen and oxygen atoms in total. The van der Waals surface area contributed by atoms with Crippen molar-refractivity contribution in [3.63, 3.8) is 0 Å². The number of thiophene rings is 1. The fourth-order valence-electron chi connectivity index (χ4n) is 3.91. The SMILES string of the molecule is NCc1csc(CNC(=O)[C@@H]2CCCN2C(=O)CNC(=O)c2ccc(Oc3ccccc3)cc2)c1. The number of carbonyl (C=O) groups excluding carboxylic acids is 3. The highest BCUT2D eigenvalue weighted by atomic mass is 32.1. The fourth-order valence-corrected chi connectivity index (χ4v) is 4.76. The Morgan fingerprint density at radius 2 is 1.77 bits per heavy atom. The molecule has 0 radical (unpaired) electrons. The standard InChI is InChI=1S/C26H28N4O4S/c27-14-18-13-22(35-17-18)15-28-26(33)23-7-4-12-30(23)24(31)16-29-25(32)19-8-10-21(11-9-19)34-20-5-2-1-3-6-20/h1-3,5-6,8-11,13,17,23H,4,7,12,14-16,27H2,(H,28,33)(H,29,32)/t23-/m0/s1. The van der Waals surface area contributed by atoms with Gasteiger partial charge in [0.2, 0.25) is 11.8 Å². The van der Waals surface area contributed by atoms with Gasteiger partial charge in [-0.15, -0.1) is 11.3 Å². The second kappa shape index (κ2) is 11.6. The van der Waals surface area contributed by atoms with Crippen molar-refractivity contribution in [3.8, 4) is 11.5 Å². The molecule has 2 heterocycles. The minimum Gasteiger partial charge on any atom is -0.457 e. The zero-order valence-corrected chi connectivity index (χ0v) is 20.1. The summed E-state index contributed by atoms with van der Waals surface area (Å²) >= 11 is 1.55. The topological polar surface area (TPSA) is 114 Å². The molecule has 182 valence electrons. The molecule has 1 aliphatic heterocycles. The molecule has 2 aromatic carbocycles. The van der Waals surface area contributed by atoms with Gasteiger partial charge in [0.25, 0.3) is 5.91 Å². The molecular formula is C26H28N4O4S. The molecule has 0 saturated carbocycles. The van der Waals surface area contributed by atoms with Gasteiger partial charge in [-0.3, -0.25) is 14.4 Å². The van der Waals surface area contributed by atoms with Gasteiger partial charge in [-0.1, -0.05) is 18.2 Å². The molecule has 35 heavy (non-hydrogen) atoms. The Kier molecular flexibility index (Phi) is 8.12. The summed E-state index contributed by atoms with van der Waals surface area (Å²) in [6, 6.07) is 17.5. The third-order valence-electron chi connectivity index (χ3n) is 5.75. The van der Waals surface area contributed by atoms with Crippen LogP contribution in [0.15, 0.2) is 66.0 Å². The van der Waals surface area contributed by atoms with Crippen molar-refractivity contribution in [1.29, 1.82) is 0 Å². The zero-order chi connectivity index (χ0) is 24.6. The number of para-hydroxylation sites is 1. The maximum Gasteiger partial charge on any atom is 0.251 e. The molecule has 1 aromatic heterocycles. The van der Waals surface area contributed by atoms with Crippen LogP contribution in [0.5, 0.6) is 11.5 Å². The zero-order valence-electron chi connectivity index (χ0n) is 19.2. The molecule has 9 heteroatoms. The molecule has 1 saturated heterocycles. The molecule has 0 unspecified atom stereocenters. The first kappa shape index (κ1) is 24.4. The Hall–Kier alpha value is -3.69. The number of benzene rings is 2. The molecule has 0 bridgehead atoms. The molecule has 1 aliphatic rings.